The number of rotatable bonds is 6. The average molecular weight is 275 g/mol. The largest absolute Gasteiger partial charge is 0.330 e. The van der Waals surface area contributed by atoms with Gasteiger partial charge in [-0.15, -0.1) is 0 Å². The summed E-state index contributed by atoms with van der Waals surface area (Å²) in [5.41, 5.74) is 6.00. The lowest BCUT2D eigenvalue weighted by atomic mass is 10.2. The maximum absolute atomic E-state index is 11.6. The van der Waals surface area contributed by atoms with E-state index in [1.54, 1.807) is 18.2 Å². The maximum atomic E-state index is 11.6. The number of carbonyl (C=O) groups excluding carboxylic acids is 1. The molecule has 0 aliphatic carbocycles. The normalized spacial score (nSPS) is 10.3. The molecule has 0 atom stereocenters. The zero-order valence-corrected chi connectivity index (χ0v) is 11.0. The van der Waals surface area contributed by atoms with E-state index in [1.807, 2.05) is 0 Å². The molecule has 1 rings (SSSR count). The van der Waals surface area contributed by atoms with Crippen LogP contribution in [0.2, 0.25) is 10.0 Å². The highest BCUT2D eigenvalue weighted by molar-refractivity contribution is 6.35. The Bertz CT molecular complexity index is 363. The number of nitrogens with two attached hydrogens (primary N) is 1. The summed E-state index contributed by atoms with van der Waals surface area (Å²) in [5.74, 6) is -0.0274. The molecule has 3 N–H and O–H groups in total. The lowest BCUT2D eigenvalue weighted by Gasteiger charge is -2.06. The molecule has 0 unspecified atom stereocenters. The summed E-state index contributed by atoms with van der Waals surface area (Å²) in [6.07, 6.45) is 3.26. The van der Waals surface area contributed by atoms with Crippen molar-refractivity contribution in [3.05, 3.63) is 28.2 Å². The van der Waals surface area contributed by atoms with Gasteiger partial charge in [0, 0.05) is 22.2 Å². The number of unbranched alkanes of at least 4 members (excludes halogenated alkanes) is 2. The standard InChI is InChI=1S/C12H16Cl2N2O/c13-9-6-10(14)8-11(7-9)16-12(17)4-2-1-3-5-15/h6-8H,1-5,15H2,(H,16,17). The summed E-state index contributed by atoms with van der Waals surface area (Å²) in [4.78, 5) is 11.6. The van der Waals surface area contributed by atoms with Gasteiger partial charge in [0.05, 0.1) is 0 Å². The van der Waals surface area contributed by atoms with Crippen LogP contribution in [0.1, 0.15) is 25.7 Å². The van der Waals surface area contributed by atoms with E-state index in [0.29, 0.717) is 28.7 Å². The van der Waals surface area contributed by atoms with Gasteiger partial charge in [0.1, 0.15) is 0 Å². The van der Waals surface area contributed by atoms with Crippen LogP contribution in [0, 0.1) is 0 Å². The molecular formula is C12H16Cl2N2O. The third-order valence-corrected chi connectivity index (χ3v) is 2.69. The fourth-order valence-corrected chi connectivity index (χ4v) is 1.98. The maximum Gasteiger partial charge on any atom is 0.224 e. The van der Waals surface area contributed by atoms with Crippen molar-refractivity contribution in [2.45, 2.75) is 25.7 Å². The lowest BCUT2D eigenvalue weighted by Crippen LogP contribution is -2.11. The predicted molar refractivity (Wildman–Crippen MR) is 72.6 cm³/mol. The number of hydrogen-bond acceptors (Lipinski definition) is 2. The van der Waals surface area contributed by atoms with Gasteiger partial charge >= 0.3 is 0 Å². The minimum absolute atomic E-state index is 0.0274. The Balaban J connectivity index is 2.39. The number of carbonyl (C=O) groups is 1. The van der Waals surface area contributed by atoms with E-state index in [2.05, 4.69) is 5.32 Å². The van der Waals surface area contributed by atoms with Crippen LogP contribution >= 0.6 is 23.2 Å². The second-order valence-electron chi connectivity index (χ2n) is 3.81. The van der Waals surface area contributed by atoms with Crippen LogP contribution in [0.15, 0.2) is 18.2 Å². The van der Waals surface area contributed by atoms with Crippen LogP contribution in [-0.2, 0) is 4.79 Å². The number of nitrogens with one attached hydrogen (secondary N) is 1. The van der Waals surface area contributed by atoms with E-state index in [0.717, 1.165) is 19.3 Å². The third-order valence-electron chi connectivity index (χ3n) is 2.25. The van der Waals surface area contributed by atoms with E-state index in [-0.39, 0.29) is 5.91 Å². The predicted octanol–water partition coefficient (Wildman–Crippen LogP) is 3.45. The van der Waals surface area contributed by atoms with Gasteiger partial charge in [-0.05, 0) is 37.6 Å². The second kappa shape index (κ2) is 7.54. The van der Waals surface area contributed by atoms with Crippen molar-refractivity contribution in [1.82, 2.24) is 0 Å². The number of benzene rings is 1. The minimum Gasteiger partial charge on any atom is -0.330 e. The Labute approximate surface area is 111 Å². The molecule has 0 aromatic heterocycles. The molecule has 94 valence electrons. The first-order valence-electron chi connectivity index (χ1n) is 5.58. The molecule has 0 saturated heterocycles. The van der Waals surface area contributed by atoms with Crippen molar-refractivity contribution >= 4 is 34.8 Å². The van der Waals surface area contributed by atoms with Crippen LogP contribution in [0.25, 0.3) is 0 Å². The van der Waals surface area contributed by atoms with Crippen molar-refractivity contribution in [2.24, 2.45) is 5.73 Å². The monoisotopic (exact) mass is 274 g/mol. The van der Waals surface area contributed by atoms with E-state index >= 15 is 0 Å². The van der Waals surface area contributed by atoms with E-state index in [9.17, 15) is 4.79 Å². The number of halogens is 2. The fraction of sp³-hybridized carbons (Fsp3) is 0.417. The Morgan fingerprint density at radius 1 is 1.12 bits per heavy atom. The summed E-state index contributed by atoms with van der Waals surface area (Å²) < 4.78 is 0. The van der Waals surface area contributed by atoms with Gasteiger partial charge in [0.25, 0.3) is 0 Å². The smallest absolute Gasteiger partial charge is 0.224 e. The summed E-state index contributed by atoms with van der Waals surface area (Å²) in [7, 11) is 0. The molecule has 3 nitrogen and oxygen atoms in total. The van der Waals surface area contributed by atoms with E-state index in [4.69, 9.17) is 28.9 Å². The highest BCUT2D eigenvalue weighted by Gasteiger charge is 2.03. The van der Waals surface area contributed by atoms with Crippen LogP contribution in [0.3, 0.4) is 0 Å². The number of amides is 1. The molecule has 1 aromatic rings. The molecule has 0 aliphatic rings. The Morgan fingerprint density at radius 3 is 2.35 bits per heavy atom. The molecular weight excluding hydrogens is 259 g/mol. The molecule has 1 amide bonds. The van der Waals surface area contributed by atoms with Gasteiger partial charge in [-0.2, -0.15) is 0 Å². The first-order chi connectivity index (χ1) is 8.11. The van der Waals surface area contributed by atoms with Crippen LogP contribution in [0.4, 0.5) is 5.69 Å². The molecule has 0 heterocycles. The quantitative estimate of drug-likeness (QED) is 0.781. The first kappa shape index (κ1) is 14.3. The van der Waals surface area contributed by atoms with E-state index in [1.165, 1.54) is 0 Å². The SMILES string of the molecule is NCCCCCC(=O)Nc1cc(Cl)cc(Cl)c1. The summed E-state index contributed by atoms with van der Waals surface area (Å²) in [6, 6.07) is 4.97. The highest BCUT2D eigenvalue weighted by Crippen LogP contribution is 2.22. The summed E-state index contributed by atoms with van der Waals surface area (Å²) in [5, 5.41) is 3.78. The summed E-state index contributed by atoms with van der Waals surface area (Å²) >= 11 is 11.7. The van der Waals surface area contributed by atoms with Crippen molar-refractivity contribution < 1.29 is 4.79 Å². The molecule has 17 heavy (non-hydrogen) atoms. The van der Waals surface area contributed by atoms with Gasteiger partial charge in [0.15, 0.2) is 0 Å². The molecule has 0 bridgehead atoms. The second-order valence-corrected chi connectivity index (χ2v) is 4.68. The third kappa shape index (κ3) is 5.91. The van der Waals surface area contributed by atoms with Gasteiger partial charge in [-0.3, -0.25) is 4.79 Å². The molecule has 0 aliphatic heterocycles. The van der Waals surface area contributed by atoms with Gasteiger partial charge in [-0.1, -0.05) is 29.6 Å². The highest BCUT2D eigenvalue weighted by atomic mass is 35.5. The molecule has 0 fully saturated rings. The number of anilines is 1. The van der Waals surface area contributed by atoms with Crippen LogP contribution < -0.4 is 11.1 Å². The van der Waals surface area contributed by atoms with Crippen molar-refractivity contribution in [3.8, 4) is 0 Å². The molecule has 1 aromatic carbocycles. The topological polar surface area (TPSA) is 55.1 Å². The molecule has 0 saturated carbocycles. The lowest BCUT2D eigenvalue weighted by molar-refractivity contribution is -0.116. The Hall–Kier alpha value is -0.770. The average Bonchev–Trinajstić information content (AvgIpc) is 2.23. The molecule has 0 spiro atoms. The van der Waals surface area contributed by atoms with Gasteiger partial charge in [-0.25, -0.2) is 0 Å². The van der Waals surface area contributed by atoms with Crippen LogP contribution in [0.5, 0.6) is 0 Å². The van der Waals surface area contributed by atoms with Crippen molar-refractivity contribution in [1.29, 1.82) is 0 Å². The van der Waals surface area contributed by atoms with Gasteiger partial charge in [0.2, 0.25) is 5.91 Å². The zero-order valence-electron chi connectivity index (χ0n) is 9.51. The fourth-order valence-electron chi connectivity index (χ4n) is 1.46. The Morgan fingerprint density at radius 2 is 1.76 bits per heavy atom. The van der Waals surface area contributed by atoms with Crippen LogP contribution in [-0.4, -0.2) is 12.5 Å². The van der Waals surface area contributed by atoms with Gasteiger partial charge < -0.3 is 11.1 Å². The van der Waals surface area contributed by atoms with Crippen molar-refractivity contribution in [3.63, 3.8) is 0 Å². The number of hydrogen-bond donors (Lipinski definition) is 2. The van der Waals surface area contributed by atoms with E-state index < -0.39 is 0 Å². The molecule has 5 heteroatoms. The van der Waals surface area contributed by atoms with Crippen molar-refractivity contribution in [2.75, 3.05) is 11.9 Å². The summed E-state index contributed by atoms with van der Waals surface area (Å²) in [6.45, 7) is 0.672. The Kier molecular flexibility index (Phi) is 6.34. The first-order valence-corrected chi connectivity index (χ1v) is 6.33. The molecule has 0 radical (unpaired) electrons. The zero-order chi connectivity index (χ0) is 12.7. The minimum atomic E-state index is -0.0274.